The molecule has 116 valence electrons. The van der Waals surface area contributed by atoms with Crippen LogP contribution in [-0.4, -0.2) is 36.6 Å². The van der Waals surface area contributed by atoms with E-state index in [1.165, 1.54) is 96.7 Å². The number of nitrogens with zero attached hydrogens (tertiary/aromatic N) is 1. The summed E-state index contributed by atoms with van der Waals surface area (Å²) in [6.07, 6.45) is 17.6. The van der Waals surface area contributed by atoms with E-state index in [-0.39, 0.29) is 0 Å². The molecule has 1 N–H and O–H groups in total. The Hall–Kier alpha value is -0.0800. The first-order valence-electron chi connectivity index (χ1n) is 9.39. The van der Waals surface area contributed by atoms with Gasteiger partial charge >= 0.3 is 0 Å². The van der Waals surface area contributed by atoms with Crippen molar-refractivity contribution >= 4 is 0 Å². The lowest BCUT2D eigenvalue weighted by Crippen LogP contribution is -2.50. The fraction of sp³-hybridized carbons (Fsp3) is 1.00. The van der Waals surface area contributed by atoms with Crippen molar-refractivity contribution in [2.24, 2.45) is 5.92 Å². The Kier molecular flexibility index (Phi) is 5.78. The number of piperidine rings is 1. The lowest BCUT2D eigenvalue weighted by atomic mass is 9.88. The number of hydrogen-bond donors (Lipinski definition) is 1. The summed E-state index contributed by atoms with van der Waals surface area (Å²) in [5.41, 5.74) is 0. The summed E-state index contributed by atoms with van der Waals surface area (Å²) in [5, 5.41) is 3.92. The molecule has 3 aliphatic rings. The number of likely N-dealkylation sites (tertiary alicyclic amines) is 1. The molecule has 0 aromatic heterocycles. The molecule has 2 nitrogen and oxygen atoms in total. The highest BCUT2D eigenvalue weighted by molar-refractivity contribution is 4.85. The van der Waals surface area contributed by atoms with Crippen LogP contribution in [0, 0.1) is 5.92 Å². The molecule has 0 aromatic carbocycles. The van der Waals surface area contributed by atoms with Crippen molar-refractivity contribution in [2.75, 3.05) is 19.6 Å². The van der Waals surface area contributed by atoms with E-state index in [2.05, 4.69) is 10.2 Å². The van der Waals surface area contributed by atoms with Crippen molar-refractivity contribution in [3.8, 4) is 0 Å². The number of rotatable bonds is 4. The van der Waals surface area contributed by atoms with Gasteiger partial charge in [0.15, 0.2) is 0 Å². The highest BCUT2D eigenvalue weighted by Crippen LogP contribution is 2.26. The highest BCUT2D eigenvalue weighted by Gasteiger charge is 2.27. The van der Waals surface area contributed by atoms with Crippen LogP contribution in [-0.2, 0) is 0 Å². The molecular formula is C18H34N2. The van der Waals surface area contributed by atoms with Crippen molar-refractivity contribution in [3.63, 3.8) is 0 Å². The highest BCUT2D eigenvalue weighted by atomic mass is 15.2. The van der Waals surface area contributed by atoms with E-state index in [9.17, 15) is 0 Å². The average molecular weight is 278 g/mol. The lowest BCUT2D eigenvalue weighted by Gasteiger charge is -2.40. The molecule has 0 aromatic rings. The third-order valence-corrected chi connectivity index (χ3v) is 5.96. The van der Waals surface area contributed by atoms with Gasteiger partial charge in [0, 0.05) is 18.6 Å². The van der Waals surface area contributed by atoms with Gasteiger partial charge in [0.25, 0.3) is 0 Å². The second kappa shape index (κ2) is 7.79. The maximum atomic E-state index is 3.92. The molecule has 20 heavy (non-hydrogen) atoms. The van der Waals surface area contributed by atoms with E-state index in [0.717, 1.165) is 18.0 Å². The molecule has 3 fully saturated rings. The van der Waals surface area contributed by atoms with Crippen molar-refractivity contribution in [1.29, 1.82) is 0 Å². The first-order valence-corrected chi connectivity index (χ1v) is 9.39. The van der Waals surface area contributed by atoms with Gasteiger partial charge in [-0.15, -0.1) is 0 Å². The monoisotopic (exact) mass is 278 g/mol. The summed E-state index contributed by atoms with van der Waals surface area (Å²) < 4.78 is 0. The Morgan fingerprint density at radius 3 is 2.20 bits per heavy atom. The Morgan fingerprint density at radius 1 is 0.750 bits per heavy atom. The summed E-state index contributed by atoms with van der Waals surface area (Å²) in [5.74, 6) is 0.980. The molecule has 1 heterocycles. The lowest BCUT2D eigenvalue weighted by molar-refractivity contribution is 0.108. The van der Waals surface area contributed by atoms with Gasteiger partial charge in [0.1, 0.15) is 0 Å². The standard InChI is InChI=1S/C18H34N2/c1-3-8-16(9-4-1)14-19-17-10-7-13-20(15-17)18-11-5-2-6-12-18/h16-19H,1-15H2. The van der Waals surface area contributed by atoms with Gasteiger partial charge in [-0.25, -0.2) is 0 Å². The zero-order valence-electron chi connectivity index (χ0n) is 13.3. The Morgan fingerprint density at radius 2 is 1.45 bits per heavy atom. The summed E-state index contributed by atoms with van der Waals surface area (Å²) in [6.45, 7) is 3.99. The topological polar surface area (TPSA) is 15.3 Å². The minimum atomic E-state index is 0.785. The normalized spacial score (nSPS) is 31.5. The van der Waals surface area contributed by atoms with E-state index in [1.54, 1.807) is 0 Å². The molecule has 1 unspecified atom stereocenters. The van der Waals surface area contributed by atoms with Crippen LogP contribution >= 0.6 is 0 Å². The van der Waals surface area contributed by atoms with Gasteiger partial charge in [0.2, 0.25) is 0 Å². The van der Waals surface area contributed by atoms with Gasteiger partial charge in [-0.1, -0.05) is 38.5 Å². The van der Waals surface area contributed by atoms with Gasteiger partial charge in [-0.05, 0) is 57.5 Å². The third kappa shape index (κ3) is 4.21. The van der Waals surface area contributed by atoms with E-state index in [0.29, 0.717) is 0 Å². The Bertz CT molecular complexity index is 267. The molecule has 2 aliphatic carbocycles. The van der Waals surface area contributed by atoms with Crippen LogP contribution < -0.4 is 5.32 Å². The number of nitrogens with one attached hydrogen (secondary N) is 1. The molecule has 0 amide bonds. The molecule has 1 saturated heterocycles. The van der Waals surface area contributed by atoms with E-state index in [1.807, 2.05) is 0 Å². The van der Waals surface area contributed by atoms with Gasteiger partial charge < -0.3 is 5.32 Å². The van der Waals surface area contributed by atoms with Gasteiger partial charge in [-0.3, -0.25) is 4.90 Å². The first kappa shape index (κ1) is 14.8. The van der Waals surface area contributed by atoms with Crippen molar-refractivity contribution in [3.05, 3.63) is 0 Å². The van der Waals surface area contributed by atoms with Crippen LogP contribution in [0.2, 0.25) is 0 Å². The molecular weight excluding hydrogens is 244 g/mol. The number of hydrogen-bond acceptors (Lipinski definition) is 2. The SMILES string of the molecule is C1CCC(CNC2CCCN(C3CCCCC3)C2)CC1. The largest absolute Gasteiger partial charge is 0.312 e. The summed E-state index contributed by atoms with van der Waals surface area (Å²) in [4.78, 5) is 2.82. The fourth-order valence-electron chi connectivity index (χ4n) is 4.68. The van der Waals surface area contributed by atoms with Crippen LogP contribution in [0.15, 0.2) is 0 Å². The summed E-state index contributed by atoms with van der Waals surface area (Å²) in [6, 6.07) is 1.70. The Labute approximate surface area is 125 Å². The summed E-state index contributed by atoms with van der Waals surface area (Å²) >= 11 is 0. The quantitative estimate of drug-likeness (QED) is 0.837. The smallest absolute Gasteiger partial charge is 0.0195 e. The second-order valence-corrected chi connectivity index (χ2v) is 7.54. The molecule has 1 aliphatic heterocycles. The van der Waals surface area contributed by atoms with Gasteiger partial charge in [-0.2, -0.15) is 0 Å². The zero-order chi connectivity index (χ0) is 13.6. The molecule has 3 rings (SSSR count). The van der Waals surface area contributed by atoms with Crippen molar-refractivity contribution < 1.29 is 0 Å². The predicted octanol–water partition coefficient (Wildman–Crippen LogP) is 3.95. The zero-order valence-corrected chi connectivity index (χ0v) is 13.3. The average Bonchev–Trinajstić information content (AvgIpc) is 2.55. The van der Waals surface area contributed by atoms with E-state index in [4.69, 9.17) is 0 Å². The first-order chi connectivity index (χ1) is 9.92. The molecule has 2 heteroatoms. The molecule has 0 bridgehead atoms. The maximum absolute atomic E-state index is 3.92. The van der Waals surface area contributed by atoms with Crippen LogP contribution in [0.5, 0.6) is 0 Å². The van der Waals surface area contributed by atoms with E-state index >= 15 is 0 Å². The van der Waals surface area contributed by atoms with Crippen LogP contribution in [0.1, 0.15) is 77.0 Å². The molecule has 2 saturated carbocycles. The van der Waals surface area contributed by atoms with Crippen molar-refractivity contribution in [2.45, 2.75) is 89.1 Å². The molecule has 0 spiro atoms. The van der Waals surface area contributed by atoms with Crippen LogP contribution in [0.3, 0.4) is 0 Å². The van der Waals surface area contributed by atoms with Crippen molar-refractivity contribution in [1.82, 2.24) is 10.2 Å². The third-order valence-electron chi connectivity index (χ3n) is 5.96. The molecule has 1 atom stereocenters. The second-order valence-electron chi connectivity index (χ2n) is 7.54. The maximum Gasteiger partial charge on any atom is 0.0195 e. The van der Waals surface area contributed by atoms with E-state index < -0.39 is 0 Å². The minimum Gasteiger partial charge on any atom is -0.312 e. The molecule has 0 radical (unpaired) electrons. The minimum absolute atomic E-state index is 0.785. The predicted molar refractivity (Wildman–Crippen MR) is 86.0 cm³/mol. The van der Waals surface area contributed by atoms with Crippen LogP contribution in [0.4, 0.5) is 0 Å². The van der Waals surface area contributed by atoms with Gasteiger partial charge in [0.05, 0.1) is 0 Å². The van der Waals surface area contributed by atoms with Crippen LogP contribution in [0.25, 0.3) is 0 Å². The Balaban J connectivity index is 1.40. The summed E-state index contributed by atoms with van der Waals surface area (Å²) in [7, 11) is 0. The fourth-order valence-corrected chi connectivity index (χ4v) is 4.68.